The Morgan fingerprint density at radius 1 is 1.36 bits per heavy atom. The van der Waals surface area contributed by atoms with Crippen LogP contribution in [-0.2, 0) is 13.5 Å². The van der Waals surface area contributed by atoms with Gasteiger partial charge in [0.15, 0.2) is 17.5 Å². The monoisotopic (exact) mass is 347 g/mol. The lowest BCUT2D eigenvalue weighted by atomic mass is 10.2. The molecule has 2 N–H and O–H groups in total. The average Bonchev–Trinajstić information content (AvgIpc) is 3.01. The van der Waals surface area contributed by atoms with Crippen molar-refractivity contribution in [2.24, 2.45) is 12.0 Å². The number of aryl methyl sites for hydroxylation is 2. The number of para-hydroxylation sites is 1. The minimum atomic E-state index is -0.354. The van der Waals surface area contributed by atoms with Gasteiger partial charge < -0.3 is 15.4 Å². The second-order valence-corrected chi connectivity index (χ2v) is 5.86. The second-order valence-electron chi connectivity index (χ2n) is 5.86. The van der Waals surface area contributed by atoms with Crippen molar-refractivity contribution in [2.45, 2.75) is 25.9 Å². The molecule has 2 rings (SSSR count). The summed E-state index contributed by atoms with van der Waals surface area (Å²) in [6.07, 6.45) is 5.66. The molecule has 1 aromatic heterocycles. The number of guanidine groups is 1. The van der Waals surface area contributed by atoms with E-state index in [4.69, 9.17) is 4.74 Å². The molecule has 7 heteroatoms. The Labute approximate surface area is 148 Å². The number of aromatic nitrogens is 2. The molecule has 136 valence electrons. The van der Waals surface area contributed by atoms with Gasteiger partial charge >= 0.3 is 0 Å². The Bertz CT molecular complexity index is 686. The van der Waals surface area contributed by atoms with Crippen LogP contribution in [0.25, 0.3) is 0 Å². The number of nitrogens with zero attached hydrogens (tertiary/aromatic N) is 3. The number of rotatable bonds is 8. The molecule has 0 amide bonds. The maximum Gasteiger partial charge on any atom is 0.191 e. The molecule has 1 unspecified atom stereocenters. The molecule has 0 radical (unpaired) electrons. The van der Waals surface area contributed by atoms with Crippen molar-refractivity contribution in [3.63, 3.8) is 0 Å². The predicted molar refractivity (Wildman–Crippen MR) is 97.4 cm³/mol. The Kier molecular flexibility index (Phi) is 7.25. The number of aliphatic imine (C=N–C) groups is 1. The van der Waals surface area contributed by atoms with E-state index < -0.39 is 0 Å². The van der Waals surface area contributed by atoms with Crippen molar-refractivity contribution >= 4 is 5.96 Å². The van der Waals surface area contributed by atoms with E-state index in [1.54, 1.807) is 29.9 Å². The smallest absolute Gasteiger partial charge is 0.191 e. The maximum absolute atomic E-state index is 13.6. The Hall–Kier alpha value is -2.57. The van der Waals surface area contributed by atoms with Crippen LogP contribution in [0, 0.1) is 5.82 Å². The molecule has 0 saturated carbocycles. The summed E-state index contributed by atoms with van der Waals surface area (Å²) in [5.41, 5.74) is 1.22. The molecular formula is C18H26FN5O. The third-order valence-corrected chi connectivity index (χ3v) is 3.64. The van der Waals surface area contributed by atoms with Crippen molar-refractivity contribution in [1.82, 2.24) is 20.4 Å². The molecule has 0 spiro atoms. The summed E-state index contributed by atoms with van der Waals surface area (Å²) in [6, 6.07) is 6.40. The molecule has 1 heterocycles. The van der Waals surface area contributed by atoms with Crippen LogP contribution in [0.3, 0.4) is 0 Å². The molecular weight excluding hydrogens is 321 g/mol. The number of nitrogens with one attached hydrogen (secondary N) is 2. The van der Waals surface area contributed by atoms with Crippen LogP contribution in [-0.4, -0.2) is 42.0 Å². The topological polar surface area (TPSA) is 63.5 Å². The molecule has 0 fully saturated rings. The van der Waals surface area contributed by atoms with Gasteiger partial charge in [0, 0.05) is 26.8 Å². The first-order chi connectivity index (χ1) is 12.1. The fourth-order valence-corrected chi connectivity index (χ4v) is 2.36. The molecule has 0 aliphatic carbocycles. The van der Waals surface area contributed by atoms with E-state index in [0.717, 1.165) is 19.4 Å². The maximum atomic E-state index is 13.6. The molecule has 1 aromatic carbocycles. The highest BCUT2D eigenvalue weighted by Crippen LogP contribution is 2.16. The molecule has 25 heavy (non-hydrogen) atoms. The zero-order chi connectivity index (χ0) is 18.1. The summed E-state index contributed by atoms with van der Waals surface area (Å²) in [5, 5.41) is 10.6. The van der Waals surface area contributed by atoms with E-state index in [9.17, 15) is 4.39 Å². The molecule has 1 atom stereocenters. The number of benzene rings is 1. The Balaban J connectivity index is 1.66. The van der Waals surface area contributed by atoms with E-state index >= 15 is 0 Å². The van der Waals surface area contributed by atoms with Crippen molar-refractivity contribution < 1.29 is 9.13 Å². The lowest BCUT2D eigenvalue weighted by molar-refractivity contribution is 0.214. The third kappa shape index (κ3) is 6.45. The van der Waals surface area contributed by atoms with E-state index in [2.05, 4.69) is 20.7 Å². The van der Waals surface area contributed by atoms with Gasteiger partial charge in [0.2, 0.25) is 0 Å². The van der Waals surface area contributed by atoms with Crippen molar-refractivity contribution in [2.75, 3.05) is 20.1 Å². The van der Waals surface area contributed by atoms with Gasteiger partial charge in [-0.05, 0) is 37.5 Å². The van der Waals surface area contributed by atoms with Crippen LogP contribution in [0.1, 0.15) is 18.9 Å². The van der Waals surface area contributed by atoms with Crippen molar-refractivity contribution in [3.8, 4) is 5.75 Å². The summed E-state index contributed by atoms with van der Waals surface area (Å²) >= 11 is 0. The van der Waals surface area contributed by atoms with Gasteiger partial charge in [-0.1, -0.05) is 12.1 Å². The molecule has 6 nitrogen and oxygen atoms in total. The standard InChI is InChI=1S/C18H26FN5O/c1-14(25-17-9-5-4-8-16(17)19)11-22-18(20-2)21-10-6-7-15-12-23-24(3)13-15/h4-5,8-9,12-14H,6-7,10-11H2,1-3H3,(H2,20,21,22). The van der Waals surface area contributed by atoms with Crippen LogP contribution in [0.4, 0.5) is 4.39 Å². The van der Waals surface area contributed by atoms with Gasteiger partial charge in [0.05, 0.1) is 12.7 Å². The number of halogens is 1. The van der Waals surface area contributed by atoms with Gasteiger partial charge in [0.1, 0.15) is 6.10 Å². The lowest BCUT2D eigenvalue weighted by Crippen LogP contribution is -2.42. The van der Waals surface area contributed by atoms with Gasteiger partial charge in [-0.15, -0.1) is 0 Å². The fourth-order valence-electron chi connectivity index (χ4n) is 2.36. The van der Waals surface area contributed by atoms with Gasteiger partial charge in [-0.25, -0.2) is 4.39 Å². The van der Waals surface area contributed by atoms with Crippen molar-refractivity contribution in [1.29, 1.82) is 0 Å². The predicted octanol–water partition coefficient (Wildman–Crippen LogP) is 2.12. The normalized spacial score (nSPS) is 12.7. The average molecular weight is 347 g/mol. The minimum absolute atomic E-state index is 0.189. The van der Waals surface area contributed by atoms with Crippen LogP contribution in [0.5, 0.6) is 5.75 Å². The zero-order valence-electron chi connectivity index (χ0n) is 15.0. The highest BCUT2D eigenvalue weighted by Gasteiger charge is 2.08. The van der Waals surface area contributed by atoms with E-state index in [-0.39, 0.29) is 17.7 Å². The zero-order valence-corrected chi connectivity index (χ0v) is 15.0. The fraction of sp³-hybridized carbons (Fsp3) is 0.444. The van der Waals surface area contributed by atoms with Crippen molar-refractivity contribution in [3.05, 3.63) is 48.0 Å². The Morgan fingerprint density at radius 2 is 2.16 bits per heavy atom. The minimum Gasteiger partial charge on any atom is -0.486 e. The van der Waals surface area contributed by atoms with Gasteiger partial charge in [0.25, 0.3) is 0 Å². The molecule has 0 saturated heterocycles. The van der Waals surface area contributed by atoms with Gasteiger partial charge in [-0.3, -0.25) is 9.67 Å². The highest BCUT2D eigenvalue weighted by molar-refractivity contribution is 5.79. The van der Waals surface area contributed by atoms with Crippen LogP contribution >= 0.6 is 0 Å². The number of hydrogen-bond acceptors (Lipinski definition) is 3. The largest absolute Gasteiger partial charge is 0.486 e. The summed E-state index contributed by atoms with van der Waals surface area (Å²) in [7, 11) is 3.64. The van der Waals surface area contributed by atoms with Crippen LogP contribution in [0.15, 0.2) is 41.7 Å². The van der Waals surface area contributed by atoms with Crippen LogP contribution in [0.2, 0.25) is 0 Å². The van der Waals surface area contributed by atoms with E-state index in [1.165, 1.54) is 11.6 Å². The number of ether oxygens (including phenoxy) is 1. The van der Waals surface area contributed by atoms with E-state index in [1.807, 2.05) is 26.4 Å². The first-order valence-electron chi connectivity index (χ1n) is 8.41. The summed E-state index contributed by atoms with van der Waals surface area (Å²) < 4.78 is 21.0. The molecule has 0 bridgehead atoms. The SMILES string of the molecule is CN=C(NCCCc1cnn(C)c1)NCC(C)Oc1ccccc1F. The molecule has 0 aliphatic rings. The Morgan fingerprint density at radius 3 is 2.84 bits per heavy atom. The first-order valence-corrected chi connectivity index (χ1v) is 8.41. The summed E-state index contributed by atoms with van der Waals surface area (Å²) in [4.78, 5) is 4.18. The van der Waals surface area contributed by atoms with Gasteiger partial charge in [-0.2, -0.15) is 5.10 Å². The second kappa shape index (κ2) is 9.66. The summed E-state index contributed by atoms with van der Waals surface area (Å²) in [5.74, 6) is 0.610. The molecule has 2 aromatic rings. The van der Waals surface area contributed by atoms with Crippen LogP contribution < -0.4 is 15.4 Å². The quantitative estimate of drug-likeness (QED) is 0.436. The lowest BCUT2D eigenvalue weighted by Gasteiger charge is -2.18. The molecule has 0 aliphatic heterocycles. The third-order valence-electron chi connectivity index (χ3n) is 3.64. The highest BCUT2D eigenvalue weighted by atomic mass is 19.1. The van der Waals surface area contributed by atoms with E-state index in [0.29, 0.717) is 12.5 Å². The number of hydrogen-bond donors (Lipinski definition) is 2. The first kappa shape index (κ1) is 18.8. The summed E-state index contributed by atoms with van der Waals surface area (Å²) in [6.45, 7) is 3.21.